The summed E-state index contributed by atoms with van der Waals surface area (Å²) < 4.78 is 116. The van der Waals surface area contributed by atoms with E-state index < -0.39 is 65.1 Å². The Morgan fingerprint density at radius 3 is 2.14 bits per heavy atom. The van der Waals surface area contributed by atoms with E-state index in [-0.39, 0.29) is 44.1 Å². The van der Waals surface area contributed by atoms with Gasteiger partial charge < -0.3 is 14.2 Å². The Morgan fingerprint density at radius 2 is 1.51 bits per heavy atom. The number of hydrogen-bond donors (Lipinski definition) is 0. The van der Waals surface area contributed by atoms with Crippen molar-refractivity contribution in [3.8, 4) is 5.75 Å². The fourth-order valence-corrected chi connectivity index (χ4v) is 5.70. The topological polar surface area (TPSA) is 44.8 Å². The molecule has 0 heterocycles. The summed E-state index contributed by atoms with van der Waals surface area (Å²) in [4.78, 5) is 12.2. The first-order valence-electron chi connectivity index (χ1n) is 14.6. The molecule has 2 aliphatic rings. The smallest absolute Gasteiger partial charge is 0.400 e. The van der Waals surface area contributed by atoms with Gasteiger partial charge in [-0.1, -0.05) is 12.2 Å². The van der Waals surface area contributed by atoms with Crippen LogP contribution in [0.4, 0.5) is 30.7 Å². The highest BCUT2D eigenvalue weighted by molar-refractivity contribution is 5.89. The van der Waals surface area contributed by atoms with Crippen molar-refractivity contribution < 1.29 is 49.7 Å². The fourth-order valence-electron chi connectivity index (χ4n) is 5.70. The summed E-state index contributed by atoms with van der Waals surface area (Å²) >= 11 is 0. The number of allylic oxidation sites excluding steroid dienone is 2. The van der Waals surface area contributed by atoms with Gasteiger partial charge in [0.15, 0.2) is 11.6 Å². The van der Waals surface area contributed by atoms with Crippen molar-refractivity contribution in [1.82, 2.24) is 0 Å². The Bertz CT molecular complexity index is 1270. The zero-order valence-electron chi connectivity index (χ0n) is 23.8. The van der Waals surface area contributed by atoms with E-state index in [0.717, 1.165) is 31.0 Å². The molecule has 43 heavy (non-hydrogen) atoms. The minimum Gasteiger partial charge on any atom is -0.459 e. The van der Waals surface area contributed by atoms with Crippen LogP contribution >= 0.6 is 0 Å². The number of alkyl halides is 4. The van der Waals surface area contributed by atoms with Gasteiger partial charge >= 0.3 is 18.2 Å². The second-order valence-corrected chi connectivity index (χ2v) is 11.2. The second-order valence-electron chi connectivity index (χ2n) is 11.2. The van der Waals surface area contributed by atoms with Crippen LogP contribution < -0.4 is 4.74 Å². The lowest BCUT2D eigenvalue weighted by Crippen LogP contribution is -2.37. The summed E-state index contributed by atoms with van der Waals surface area (Å²) in [5.74, 6) is -5.89. The third-order valence-corrected chi connectivity index (χ3v) is 8.17. The Kier molecular flexibility index (Phi) is 10.8. The second kappa shape index (κ2) is 14.1. The molecule has 4 rings (SSSR count). The summed E-state index contributed by atoms with van der Waals surface area (Å²) in [6.45, 7) is 1.93. The van der Waals surface area contributed by atoms with Crippen molar-refractivity contribution in [2.45, 2.75) is 95.6 Å². The number of carbonyl (C=O) groups excluding carboxylic acids is 1. The van der Waals surface area contributed by atoms with Gasteiger partial charge in [0.2, 0.25) is 0 Å². The quantitative estimate of drug-likeness (QED) is 0.143. The molecule has 2 aliphatic carbocycles. The first-order chi connectivity index (χ1) is 20.4. The Morgan fingerprint density at radius 1 is 0.837 bits per heavy atom. The van der Waals surface area contributed by atoms with Gasteiger partial charge in [-0.15, -0.1) is 0 Å². The highest BCUT2D eigenvalue weighted by Crippen LogP contribution is 2.42. The van der Waals surface area contributed by atoms with E-state index in [1.807, 2.05) is 19.1 Å². The van der Waals surface area contributed by atoms with E-state index in [0.29, 0.717) is 37.0 Å². The van der Waals surface area contributed by atoms with Crippen LogP contribution in [-0.2, 0) is 15.6 Å². The highest BCUT2D eigenvalue weighted by Gasteiger charge is 2.45. The van der Waals surface area contributed by atoms with Crippen molar-refractivity contribution in [3.05, 3.63) is 77.1 Å². The van der Waals surface area contributed by atoms with Crippen LogP contribution in [0, 0.1) is 29.3 Å². The van der Waals surface area contributed by atoms with Gasteiger partial charge in [0, 0.05) is 6.07 Å². The number of benzene rings is 2. The standard InChI is InChI=1S/C32H35F7O4/c1-2-3-4-5-20-6-9-22(10-7-20)31(36,37)43-25-15-16-26(28(34)19-25)32(38,39)42-24-13-11-23(12-14-24)41-30(40)21-8-17-27(33)29(35)18-21/h2-3,8,15-20,22-24H,4-7,9-14H2,1H3. The van der Waals surface area contributed by atoms with Gasteiger partial charge in [-0.25, -0.2) is 18.0 Å². The number of carbonyl (C=O) groups is 1. The predicted octanol–water partition coefficient (Wildman–Crippen LogP) is 9.47. The lowest BCUT2D eigenvalue weighted by Gasteiger charge is -2.33. The van der Waals surface area contributed by atoms with Gasteiger partial charge in [0.1, 0.15) is 17.7 Å². The number of rotatable bonds is 11. The summed E-state index contributed by atoms with van der Waals surface area (Å²) in [5, 5.41) is 0. The normalized spacial score (nSPS) is 23.3. The molecule has 0 radical (unpaired) electrons. The molecule has 2 fully saturated rings. The summed E-state index contributed by atoms with van der Waals surface area (Å²) in [6.07, 6.45) is -1.26. The third kappa shape index (κ3) is 8.74. The molecule has 2 aromatic carbocycles. The van der Waals surface area contributed by atoms with Gasteiger partial charge in [-0.3, -0.25) is 0 Å². The van der Waals surface area contributed by atoms with E-state index in [1.54, 1.807) is 0 Å². The molecule has 0 bridgehead atoms. The molecule has 0 saturated heterocycles. The SMILES string of the molecule is CC=CCCC1CCC(C(F)(F)Oc2ccc(C(F)(F)OC3CCC(OC(=O)c4ccc(F)c(F)c4)CC3)c(F)c2)CC1. The van der Waals surface area contributed by atoms with E-state index >= 15 is 0 Å². The number of esters is 1. The number of ether oxygens (including phenoxy) is 3. The molecular weight excluding hydrogens is 581 g/mol. The van der Waals surface area contributed by atoms with Crippen LogP contribution in [0.15, 0.2) is 48.6 Å². The lowest BCUT2D eigenvalue weighted by atomic mass is 9.79. The van der Waals surface area contributed by atoms with Crippen molar-refractivity contribution in [3.63, 3.8) is 0 Å². The zero-order chi connectivity index (χ0) is 31.2. The number of halogens is 7. The van der Waals surface area contributed by atoms with Crippen LogP contribution in [0.5, 0.6) is 5.75 Å². The molecule has 4 nitrogen and oxygen atoms in total. The van der Waals surface area contributed by atoms with Crippen LogP contribution in [0.3, 0.4) is 0 Å². The molecule has 0 atom stereocenters. The molecule has 0 spiro atoms. The van der Waals surface area contributed by atoms with E-state index in [2.05, 4.69) is 0 Å². The first kappa shape index (κ1) is 32.8. The van der Waals surface area contributed by atoms with Gasteiger partial charge in [-0.05, 0) is 107 Å². The fraction of sp³-hybridized carbons (Fsp3) is 0.531. The lowest BCUT2D eigenvalue weighted by molar-refractivity contribution is -0.280. The Labute approximate surface area is 246 Å². The maximum absolute atomic E-state index is 14.9. The van der Waals surface area contributed by atoms with Crippen molar-refractivity contribution in [2.24, 2.45) is 11.8 Å². The van der Waals surface area contributed by atoms with Gasteiger partial charge in [-0.2, -0.15) is 17.6 Å². The van der Waals surface area contributed by atoms with E-state index in [1.165, 1.54) is 0 Å². The summed E-state index contributed by atoms with van der Waals surface area (Å²) in [6, 6.07) is 4.63. The molecule has 0 aromatic heterocycles. The largest absolute Gasteiger partial charge is 0.459 e. The summed E-state index contributed by atoms with van der Waals surface area (Å²) in [5.41, 5.74) is -1.30. The zero-order valence-corrected chi connectivity index (χ0v) is 23.8. The average Bonchev–Trinajstić information content (AvgIpc) is 2.95. The molecule has 0 amide bonds. The van der Waals surface area contributed by atoms with Crippen molar-refractivity contribution >= 4 is 5.97 Å². The molecule has 2 aromatic rings. The maximum Gasteiger partial charge on any atom is 0.400 e. The monoisotopic (exact) mass is 616 g/mol. The van der Waals surface area contributed by atoms with E-state index in [4.69, 9.17) is 14.2 Å². The van der Waals surface area contributed by atoms with Gasteiger partial charge in [0.05, 0.1) is 23.1 Å². The Hall–Kier alpha value is -3.08. The molecule has 2 saturated carbocycles. The van der Waals surface area contributed by atoms with Crippen LogP contribution in [0.1, 0.15) is 87.1 Å². The molecule has 0 aliphatic heterocycles. The predicted molar refractivity (Wildman–Crippen MR) is 144 cm³/mol. The minimum absolute atomic E-state index is 0.0535. The summed E-state index contributed by atoms with van der Waals surface area (Å²) in [7, 11) is 0. The van der Waals surface area contributed by atoms with E-state index in [9.17, 15) is 35.5 Å². The molecule has 11 heteroatoms. The third-order valence-electron chi connectivity index (χ3n) is 8.17. The highest BCUT2D eigenvalue weighted by atomic mass is 19.3. The Balaban J connectivity index is 1.27. The molecule has 0 N–H and O–H groups in total. The molecule has 0 unspecified atom stereocenters. The van der Waals surface area contributed by atoms with Crippen LogP contribution in [0.2, 0.25) is 0 Å². The van der Waals surface area contributed by atoms with Crippen LogP contribution in [-0.4, -0.2) is 24.3 Å². The molecular formula is C32H35F7O4. The van der Waals surface area contributed by atoms with Crippen molar-refractivity contribution in [2.75, 3.05) is 0 Å². The number of hydrogen-bond acceptors (Lipinski definition) is 4. The maximum atomic E-state index is 14.9. The molecule has 236 valence electrons. The first-order valence-corrected chi connectivity index (χ1v) is 14.6. The minimum atomic E-state index is -4.06. The van der Waals surface area contributed by atoms with Gasteiger partial charge in [0.25, 0.3) is 0 Å². The average molecular weight is 617 g/mol. The van der Waals surface area contributed by atoms with Crippen LogP contribution in [0.25, 0.3) is 0 Å². The van der Waals surface area contributed by atoms with Crippen molar-refractivity contribution in [1.29, 1.82) is 0 Å².